The van der Waals surface area contributed by atoms with Gasteiger partial charge < -0.3 is 10.2 Å². The minimum atomic E-state index is -0.222. The summed E-state index contributed by atoms with van der Waals surface area (Å²) in [6, 6.07) is 9.81. The number of rotatable bonds is 5. The summed E-state index contributed by atoms with van der Waals surface area (Å²) >= 11 is 0. The van der Waals surface area contributed by atoms with Crippen LogP contribution in [0.15, 0.2) is 36.4 Å². The molecule has 1 fully saturated rings. The number of hydrogen-bond acceptors (Lipinski definition) is 2. The van der Waals surface area contributed by atoms with Crippen molar-refractivity contribution in [2.24, 2.45) is 11.3 Å². The van der Waals surface area contributed by atoms with E-state index in [0.717, 1.165) is 24.8 Å². The lowest BCUT2D eigenvalue weighted by Gasteiger charge is -2.36. The highest BCUT2D eigenvalue weighted by Gasteiger charge is 2.32. The molecular formula is C23H34N2O2. The Hall–Kier alpha value is -2.10. The van der Waals surface area contributed by atoms with Crippen molar-refractivity contribution >= 4 is 17.9 Å². The van der Waals surface area contributed by atoms with Gasteiger partial charge in [0.1, 0.15) is 0 Å². The third kappa shape index (κ3) is 7.20. The molecule has 0 spiro atoms. The molecule has 0 saturated carbocycles. The van der Waals surface area contributed by atoms with E-state index >= 15 is 0 Å². The fourth-order valence-corrected chi connectivity index (χ4v) is 4.00. The topological polar surface area (TPSA) is 49.4 Å². The van der Waals surface area contributed by atoms with Gasteiger partial charge in [-0.05, 0) is 50.2 Å². The second-order valence-electron chi connectivity index (χ2n) is 9.45. The predicted octanol–water partition coefficient (Wildman–Crippen LogP) is 4.27. The van der Waals surface area contributed by atoms with E-state index in [-0.39, 0.29) is 28.7 Å². The largest absolute Gasteiger partial charge is 0.351 e. The first kappa shape index (κ1) is 21.2. The van der Waals surface area contributed by atoms with E-state index in [2.05, 4.69) is 39.9 Å². The maximum absolute atomic E-state index is 12.7. The van der Waals surface area contributed by atoms with Crippen LogP contribution in [0.1, 0.15) is 59.4 Å². The van der Waals surface area contributed by atoms with Crippen LogP contribution >= 0.6 is 0 Å². The average molecular weight is 371 g/mol. The first-order valence-corrected chi connectivity index (χ1v) is 9.90. The van der Waals surface area contributed by atoms with Crippen LogP contribution in [0.3, 0.4) is 0 Å². The molecule has 1 aromatic rings. The van der Waals surface area contributed by atoms with E-state index in [1.54, 1.807) is 6.08 Å². The average Bonchev–Trinajstić information content (AvgIpc) is 2.58. The van der Waals surface area contributed by atoms with Gasteiger partial charge in [0.2, 0.25) is 11.8 Å². The molecule has 1 N–H and O–H groups in total. The number of likely N-dealkylation sites (tertiary alicyclic amines) is 1. The van der Waals surface area contributed by atoms with Crippen molar-refractivity contribution in [2.45, 2.75) is 59.4 Å². The van der Waals surface area contributed by atoms with Crippen molar-refractivity contribution in [1.82, 2.24) is 10.2 Å². The summed E-state index contributed by atoms with van der Waals surface area (Å²) in [6.45, 7) is 12.0. The normalized spacial score (nSPS) is 16.6. The molecule has 0 aliphatic carbocycles. The molecule has 0 radical (unpaired) electrons. The summed E-state index contributed by atoms with van der Waals surface area (Å²) in [6.07, 6.45) is 5.84. The zero-order valence-electron chi connectivity index (χ0n) is 17.4. The first-order valence-electron chi connectivity index (χ1n) is 9.90. The van der Waals surface area contributed by atoms with Crippen molar-refractivity contribution in [2.75, 3.05) is 13.1 Å². The van der Waals surface area contributed by atoms with Crippen LogP contribution in [-0.4, -0.2) is 35.3 Å². The van der Waals surface area contributed by atoms with Crippen molar-refractivity contribution < 1.29 is 9.59 Å². The number of benzene rings is 1. The van der Waals surface area contributed by atoms with Gasteiger partial charge in [-0.25, -0.2) is 0 Å². The standard InChI is InChI=1S/C23H34N2O2/c1-22(2,3)17-23(4,5)24-21(27)19-13-15-25(16-14-19)20(26)12-11-18-9-7-6-8-10-18/h6-12,19H,13-17H2,1-5H3,(H,24,27)/b12-11+. The lowest BCUT2D eigenvalue weighted by atomic mass is 9.81. The van der Waals surface area contributed by atoms with Crippen LogP contribution in [-0.2, 0) is 9.59 Å². The zero-order valence-corrected chi connectivity index (χ0v) is 17.4. The van der Waals surface area contributed by atoms with Crippen LogP contribution < -0.4 is 5.32 Å². The van der Waals surface area contributed by atoms with Gasteiger partial charge in [0.25, 0.3) is 0 Å². The van der Waals surface area contributed by atoms with Gasteiger partial charge in [-0.1, -0.05) is 51.1 Å². The summed E-state index contributed by atoms with van der Waals surface area (Å²) in [7, 11) is 0. The Morgan fingerprint density at radius 3 is 2.22 bits per heavy atom. The molecule has 2 rings (SSSR count). The van der Waals surface area contributed by atoms with Crippen LogP contribution in [0, 0.1) is 11.3 Å². The third-order valence-corrected chi connectivity index (χ3v) is 4.83. The summed E-state index contributed by atoms with van der Waals surface area (Å²) in [5.74, 6) is 0.133. The lowest BCUT2D eigenvalue weighted by molar-refractivity contribution is -0.133. The molecule has 0 aromatic heterocycles. The van der Waals surface area contributed by atoms with Gasteiger partial charge in [-0.15, -0.1) is 0 Å². The Kier molecular flexibility index (Phi) is 6.85. The molecule has 1 aliphatic heterocycles. The molecule has 1 aromatic carbocycles. The molecule has 2 amide bonds. The zero-order chi connectivity index (χ0) is 20.1. The SMILES string of the molecule is CC(C)(C)CC(C)(C)NC(=O)C1CCN(C(=O)/C=C/c2ccccc2)CC1. The third-order valence-electron chi connectivity index (χ3n) is 4.83. The van der Waals surface area contributed by atoms with E-state index in [4.69, 9.17) is 0 Å². The van der Waals surface area contributed by atoms with Gasteiger partial charge in [0.05, 0.1) is 0 Å². The van der Waals surface area contributed by atoms with Gasteiger partial charge >= 0.3 is 0 Å². The fraction of sp³-hybridized carbons (Fsp3) is 0.565. The number of nitrogens with one attached hydrogen (secondary N) is 1. The molecule has 1 heterocycles. The first-order chi connectivity index (χ1) is 12.6. The smallest absolute Gasteiger partial charge is 0.246 e. The Labute approximate surface area is 164 Å². The highest BCUT2D eigenvalue weighted by atomic mass is 16.2. The molecule has 4 nitrogen and oxygen atoms in total. The Morgan fingerprint density at radius 1 is 1.07 bits per heavy atom. The molecule has 27 heavy (non-hydrogen) atoms. The highest BCUT2D eigenvalue weighted by Crippen LogP contribution is 2.28. The number of carbonyl (C=O) groups excluding carboxylic acids is 2. The number of amides is 2. The second-order valence-corrected chi connectivity index (χ2v) is 9.45. The molecule has 0 unspecified atom stereocenters. The quantitative estimate of drug-likeness (QED) is 0.787. The van der Waals surface area contributed by atoms with Crippen molar-refractivity contribution in [1.29, 1.82) is 0 Å². The van der Waals surface area contributed by atoms with Crippen LogP contribution in [0.4, 0.5) is 0 Å². The van der Waals surface area contributed by atoms with E-state index < -0.39 is 0 Å². The molecular weight excluding hydrogens is 336 g/mol. The van der Waals surface area contributed by atoms with Gasteiger partial charge in [-0.3, -0.25) is 9.59 Å². The lowest BCUT2D eigenvalue weighted by Crippen LogP contribution is -2.50. The van der Waals surface area contributed by atoms with Crippen LogP contribution in [0.5, 0.6) is 0 Å². The van der Waals surface area contributed by atoms with Crippen molar-refractivity contribution in [3.8, 4) is 0 Å². The number of hydrogen-bond donors (Lipinski definition) is 1. The molecule has 0 bridgehead atoms. The van der Waals surface area contributed by atoms with E-state index in [1.165, 1.54) is 0 Å². The van der Waals surface area contributed by atoms with Crippen molar-refractivity contribution in [3.63, 3.8) is 0 Å². The molecule has 1 aliphatic rings. The maximum Gasteiger partial charge on any atom is 0.246 e. The number of piperidine rings is 1. The molecule has 1 saturated heterocycles. The monoisotopic (exact) mass is 370 g/mol. The summed E-state index contributed by atoms with van der Waals surface area (Å²) in [4.78, 5) is 26.9. The summed E-state index contributed by atoms with van der Waals surface area (Å²) in [5, 5.41) is 3.22. The minimum Gasteiger partial charge on any atom is -0.351 e. The second kappa shape index (κ2) is 8.73. The molecule has 148 valence electrons. The summed E-state index contributed by atoms with van der Waals surface area (Å²) < 4.78 is 0. The van der Waals surface area contributed by atoms with Crippen LogP contribution in [0.25, 0.3) is 6.08 Å². The van der Waals surface area contributed by atoms with Crippen LogP contribution in [0.2, 0.25) is 0 Å². The Morgan fingerprint density at radius 2 is 1.67 bits per heavy atom. The Balaban J connectivity index is 1.83. The van der Waals surface area contributed by atoms with Gasteiger partial charge in [-0.2, -0.15) is 0 Å². The fourth-order valence-electron chi connectivity index (χ4n) is 4.00. The van der Waals surface area contributed by atoms with Crippen molar-refractivity contribution in [3.05, 3.63) is 42.0 Å². The van der Waals surface area contributed by atoms with E-state index in [9.17, 15) is 9.59 Å². The summed E-state index contributed by atoms with van der Waals surface area (Å²) in [5.41, 5.74) is 0.958. The predicted molar refractivity (Wildman–Crippen MR) is 111 cm³/mol. The van der Waals surface area contributed by atoms with E-state index in [1.807, 2.05) is 41.3 Å². The minimum absolute atomic E-state index is 0.00797. The Bertz CT molecular complexity index is 663. The number of nitrogens with zero attached hydrogens (tertiary/aromatic N) is 1. The molecule has 4 heteroatoms. The van der Waals surface area contributed by atoms with E-state index in [0.29, 0.717) is 13.1 Å². The molecule has 0 atom stereocenters. The van der Waals surface area contributed by atoms with Gasteiger partial charge in [0.15, 0.2) is 0 Å². The highest BCUT2D eigenvalue weighted by molar-refractivity contribution is 5.92. The van der Waals surface area contributed by atoms with Gasteiger partial charge in [0, 0.05) is 30.6 Å². The maximum atomic E-state index is 12.7. The number of carbonyl (C=O) groups is 2.